The monoisotopic (exact) mass is 488 g/mol. The van der Waals surface area contributed by atoms with E-state index < -0.39 is 9.84 Å². The van der Waals surface area contributed by atoms with Crippen LogP contribution in [0.1, 0.15) is 24.3 Å². The molecule has 0 spiro atoms. The number of aromatic amines is 1. The van der Waals surface area contributed by atoms with E-state index in [1.54, 1.807) is 46.3 Å². The van der Waals surface area contributed by atoms with Crippen molar-refractivity contribution in [3.8, 4) is 11.1 Å². The number of hydrogen-bond donors (Lipinski definition) is 1. The average Bonchev–Trinajstić information content (AvgIpc) is 3.26. The molecule has 1 atom stereocenters. The number of sulfone groups is 1. The number of nitrogens with zero attached hydrogens (tertiary/aromatic N) is 3. The van der Waals surface area contributed by atoms with Crippen LogP contribution in [0.25, 0.3) is 22.2 Å². The first kappa shape index (κ1) is 22.8. The van der Waals surface area contributed by atoms with E-state index in [0.29, 0.717) is 29.3 Å². The number of benzene rings is 2. The lowest BCUT2D eigenvalue weighted by molar-refractivity contribution is -0.117. The molecule has 1 N–H and O–H groups in total. The molecule has 2 amide bonds. The van der Waals surface area contributed by atoms with Crippen molar-refractivity contribution in [2.45, 2.75) is 24.8 Å². The lowest BCUT2D eigenvalue weighted by atomic mass is 10.0. The maximum atomic E-state index is 13.7. The minimum absolute atomic E-state index is 0.106. The minimum atomic E-state index is -3.31. The molecule has 35 heavy (non-hydrogen) atoms. The molecule has 178 valence electrons. The Morgan fingerprint density at radius 2 is 1.71 bits per heavy atom. The van der Waals surface area contributed by atoms with Gasteiger partial charge in [-0.1, -0.05) is 18.2 Å². The number of carbonyl (C=O) groups is 2. The molecule has 0 bridgehead atoms. The summed E-state index contributed by atoms with van der Waals surface area (Å²) in [5.41, 5.74) is 3.91. The van der Waals surface area contributed by atoms with Crippen LogP contribution < -0.4 is 9.80 Å². The van der Waals surface area contributed by atoms with E-state index >= 15 is 0 Å². The van der Waals surface area contributed by atoms with Crippen LogP contribution in [0.4, 0.5) is 11.4 Å². The van der Waals surface area contributed by atoms with Crippen LogP contribution in [-0.4, -0.2) is 49.0 Å². The molecule has 1 aliphatic heterocycles. The fraction of sp³-hybridized carbons (Fsp3) is 0.192. The Hall–Kier alpha value is -3.98. The van der Waals surface area contributed by atoms with Gasteiger partial charge in [0.1, 0.15) is 11.3 Å². The predicted molar refractivity (Wildman–Crippen MR) is 135 cm³/mol. The summed E-state index contributed by atoms with van der Waals surface area (Å²) in [6, 6.07) is 17.4. The quantitative estimate of drug-likeness (QED) is 0.469. The van der Waals surface area contributed by atoms with Gasteiger partial charge in [-0.2, -0.15) is 0 Å². The van der Waals surface area contributed by atoms with Crippen LogP contribution in [-0.2, 0) is 14.6 Å². The Labute approximate surface area is 203 Å². The topological polar surface area (TPSA) is 103 Å². The molecule has 0 aliphatic carbocycles. The lowest BCUT2D eigenvalue weighted by Gasteiger charge is -2.40. The van der Waals surface area contributed by atoms with Crippen LogP contribution in [0.2, 0.25) is 0 Å². The van der Waals surface area contributed by atoms with Crippen molar-refractivity contribution in [1.29, 1.82) is 0 Å². The summed E-state index contributed by atoms with van der Waals surface area (Å²) >= 11 is 0. The number of aromatic nitrogens is 2. The number of hydrogen-bond acceptors (Lipinski definition) is 5. The normalized spacial score (nSPS) is 15.8. The Balaban J connectivity index is 1.60. The molecule has 3 heterocycles. The summed E-state index contributed by atoms with van der Waals surface area (Å²) in [7, 11) is -3.31. The maximum Gasteiger partial charge on any atom is 0.274 e. The van der Waals surface area contributed by atoms with Gasteiger partial charge in [0, 0.05) is 31.3 Å². The molecule has 0 radical (unpaired) electrons. The first-order chi connectivity index (χ1) is 16.6. The van der Waals surface area contributed by atoms with Crippen molar-refractivity contribution in [3.63, 3.8) is 0 Å². The molecule has 4 aromatic rings. The summed E-state index contributed by atoms with van der Waals surface area (Å²) in [6.07, 6.45) is 2.83. The molecule has 9 heteroatoms. The zero-order valence-electron chi connectivity index (χ0n) is 19.5. The van der Waals surface area contributed by atoms with Gasteiger partial charge in [0.05, 0.1) is 22.3 Å². The van der Waals surface area contributed by atoms with Gasteiger partial charge in [0.15, 0.2) is 9.84 Å². The number of amides is 2. The lowest BCUT2D eigenvalue weighted by Crippen LogP contribution is -2.51. The number of carbonyl (C=O) groups excluding carboxylic acids is 2. The van der Waals surface area contributed by atoms with E-state index in [1.165, 1.54) is 13.2 Å². The Morgan fingerprint density at radius 1 is 1.00 bits per heavy atom. The summed E-state index contributed by atoms with van der Waals surface area (Å²) in [4.78, 5) is 37.1. The van der Waals surface area contributed by atoms with Gasteiger partial charge in [-0.3, -0.25) is 9.59 Å². The Morgan fingerprint density at radius 3 is 2.37 bits per heavy atom. The standard InChI is InChI=1S/C26H24N4O4S/c1-16-15-29(26(32)22-13-20-5-4-12-27-25(20)28-22)24-14-19(8-11-23(24)30(16)17(2)31)18-6-9-21(10-7-18)35(3,33)34/h4-14,16H,15H2,1-3H3,(H,27,28)/t16-/m0/s1. The summed E-state index contributed by atoms with van der Waals surface area (Å²) in [6.45, 7) is 3.75. The highest BCUT2D eigenvalue weighted by Gasteiger charge is 2.34. The summed E-state index contributed by atoms with van der Waals surface area (Å²) in [5.74, 6) is -0.324. The second-order valence-corrected chi connectivity index (χ2v) is 10.8. The number of pyridine rings is 1. The second kappa shape index (κ2) is 8.35. The van der Waals surface area contributed by atoms with Crippen molar-refractivity contribution in [1.82, 2.24) is 9.97 Å². The zero-order chi connectivity index (χ0) is 24.9. The van der Waals surface area contributed by atoms with Crippen molar-refractivity contribution in [2.75, 3.05) is 22.6 Å². The summed E-state index contributed by atoms with van der Waals surface area (Å²) in [5, 5.41) is 0.839. The van der Waals surface area contributed by atoms with Gasteiger partial charge >= 0.3 is 0 Å². The second-order valence-electron chi connectivity index (χ2n) is 8.78. The number of nitrogens with one attached hydrogen (secondary N) is 1. The molecular weight excluding hydrogens is 464 g/mol. The third kappa shape index (κ3) is 4.08. The fourth-order valence-corrected chi connectivity index (χ4v) is 5.22. The number of H-pyrrole nitrogens is 1. The van der Waals surface area contributed by atoms with E-state index in [-0.39, 0.29) is 22.8 Å². The highest BCUT2D eigenvalue weighted by Crippen LogP contribution is 2.39. The average molecular weight is 489 g/mol. The van der Waals surface area contributed by atoms with Gasteiger partial charge < -0.3 is 14.8 Å². The third-order valence-corrected chi connectivity index (χ3v) is 7.36. The SMILES string of the molecule is CC(=O)N1c2ccc(-c3ccc(S(C)(=O)=O)cc3)cc2N(C(=O)c2cc3cccnc3[nH]2)C[C@@H]1C. The maximum absolute atomic E-state index is 13.7. The third-order valence-electron chi connectivity index (χ3n) is 6.24. The molecule has 0 saturated carbocycles. The van der Waals surface area contributed by atoms with Crippen molar-refractivity contribution < 1.29 is 18.0 Å². The van der Waals surface area contributed by atoms with Crippen LogP contribution in [0.5, 0.6) is 0 Å². The van der Waals surface area contributed by atoms with Gasteiger partial charge in [-0.05, 0) is 60.5 Å². The van der Waals surface area contributed by atoms with Gasteiger partial charge in [0.2, 0.25) is 5.91 Å². The molecular formula is C26H24N4O4S. The fourth-order valence-electron chi connectivity index (χ4n) is 4.59. The van der Waals surface area contributed by atoms with E-state index in [2.05, 4.69) is 9.97 Å². The highest BCUT2D eigenvalue weighted by atomic mass is 32.2. The van der Waals surface area contributed by atoms with Gasteiger partial charge in [0.25, 0.3) is 5.91 Å². The predicted octanol–water partition coefficient (Wildman–Crippen LogP) is 4.04. The first-order valence-corrected chi connectivity index (χ1v) is 13.0. The Bertz CT molecular complexity index is 1540. The van der Waals surface area contributed by atoms with Crippen LogP contribution in [0.15, 0.2) is 71.8 Å². The van der Waals surface area contributed by atoms with Crippen molar-refractivity contribution in [2.24, 2.45) is 0 Å². The van der Waals surface area contributed by atoms with Crippen molar-refractivity contribution in [3.05, 3.63) is 72.6 Å². The molecule has 0 unspecified atom stereocenters. The van der Waals surface area contributed by atoms with Gasteiger partial charge in [-0.15, -0.1) is 0 Å². The molecule has 0 fully saturated rings. The van der Waals surface area contributed by atoms with Crippen LogP contribution >= 0.6 is 0 Å². The molecule has 0 saturated heterocycles. The summed E-state index contributed by atoms with van der Waals surface area (Å²) < 4.78 is 23.7. The van der Waals surface area contributed by atoms with Crippen LogP contribution in [0.3, 0.4) is 0 Å². The zero-order valence-corrected chi connectivity index (χ0v) is 20.3. The molecule has 1 aliphatic rings. The van der Waals surface area contributed by atoms with E-state index in [1.807, 2.05) is 37.3 Å². The first-order valence-electron chi connectivity index (χ1n) is 11.1. The number of fused-ring (bicyclic) bond motifs is 2. The molecule has 5 rings (SSSR count). The van der Waals surface area contributed by atoms with E-state index in [9.17, 15) is 18.0 Å². The Kier molecular flexibility index (Phi) is 5.44. The molecule has 8 nitrogen and oxygen atoms in total. The van der Waals surface area contributed by atoms with E-state index in [0.717, 1.165) is 16.5 Å². The largest absolute Gasteiger partial charge is 0.335 e. The number of rotatable bonds is 3. The molecule has 2 aromatic carbocycles. The smallest absolute Gasteiger partial charge is 0.274 e. The molecule has 2 aromatic heterocycles. The highest BCUT2D eigenvalue weighted by molar-refractivity contribution is 7.90. The minimum Gasteiger partial charge on any atom is -0.335 e. The number of anilines is 2. The van der Waals surface area contributed by atoms with Gasteiger partial charge in [-0.25, -0.2) is 13.4 Å². The van der Waals surface area contributed by atoms with Crippen molar-refractivity contribution >= 4 is 44.1 Å². The van der Waals surface area contributed by atoms with Crippen LogP contribution in [0, 0.1) is 0 Å². The van der Waals surface area contributed by atoms with E-state index in [4.69, 9.17) is 0 Å².